The van der Waals surface area contributed by atoms with Gasteiger partial charge in [-0.2, -0.15) is 0 Å². The SMILES string of the molecule is CCCOc1cccc(NCC(=O)Nc2ccc(C)c(NC(=O)CC)c2)c1. The molecule has 0 aliphatic heterocycles. The maximum atomic E-state index is 12.2. The number of hydrogen-bond acceptors (Lipinski definition) is 4. The van der Waals surface area contributed by atoms with Crippen molar-refractivity contribution in [2.75, 3.05) is 29.1 Å². The summed E-state index contributed by atoms with van der Waals surface area (Å²) in [7, 11) is 0. The van der Waals surface area contributed by atoms with E-state index in [2.05, 4.69) is 22.9 Å². The predicted molar refractivity (Wildman–Crippen MR) is 109 cm³/mol. The van der Waals surface area contributed by atoms with Crippen molar-refractivity contribution in [3.05, 3.63) is 48.0 Å². The lowest BCUT2D eigenvalue weighted by Crippen LogP contribution is -2.22. The van der Waals surface area contributed by atoms with E-state index >= 15 is 0 Å². The Morgan fingerprint density at radius 3 is 2.52 bits per heavy atom. The molecule has 6 heteroatoms. The summed E-state index contributed by atoms with van der Waals surface area (Å²) >= 11 is 0. The summed E-state index contributed by atoms with van der Waals surface area (Å²) in [6, 6.07) is 13.0. The number of ether oxygens (including phenoxy) is 1. The maximum absolute atomic E-state index is 12.2. The molecule has 0 unspecified atom stereocenters. The van der Waals surface area contributed by atoms with Crippen LogP contribution in [0.2, 0.25) is 0 Å². The highest BCUT2D eigenvalue weighted by Gasteiger charge is 2.07. The molecule has 0 aliphatic carbocycles. The second-order valence-corrected chi connectivity index (χ2v) is 6.21. The molecule has 2 aromatic carbocycles. The van der Waals surface area contributed by atoms with E-state index in [1.54, 1.807) is 13.0 Å². The highest BCUT2D eigenvalue weighted by atomic mass is 16.5. The third-order valence-electron chi connectivity index (χ3n) is 3.88. The zero-order valence-electron chi connectivity index (χ0n) is 16.1. The molecule has 3 N–H and O–H groups in total. The van der Waals surface area contributed by atoms with Crippen LogP contribution in [-0.2, 0) is 9.59 Å². The van der Waals surface area contributed by atoms with Crippen molar-refractivity contribution >= 4 is 28.9 Å². The molecule has 144 valence electrons. The zero-order chi connectivity index (χ0) is 19.6. The van der Waals surface area contributed by atoms with Gasteiger partial charge < -0.3 is 20.7 Å². The molecule has 0 aromatic heterocycles. The van der Waals surface area contributed by atoms with Gasteiger partial charge in [0.2, 0.25) is 11.8 Å². The Kier molecular flexibility index (Phi) is 7.67. The number of aryl methyl sites for hydroxylation is 1. The number of carbonyl (C=O) groups excluding carboxylic acids is 2. The van der Waals surface area contributed by atoms with Crippen LogP contribution in [0.15, 0.2) is 42.5 Å². The largest absolute Gasteiger partial charge is 0.494 e. The average molecular weight is 369 g/mol. The molecule has 0 radical (unpaired) electrons. The van der Waals surface area contributed by atoms with Gasteiger partial charge in [0, 0.05) is 29.5 Å². The fraction of sp³-hybridized carbons (Fsp3) is 0.333. The molecule has 6 nitrogen and oxygen atoms in total. The smallest absolute Gasteiger partial charge is 0.243 e. The molecule has 0 saturated carbocycles. The van der Waals surface area contributed by atoms with E-state index in [0.717, 1.165) is 23.4 Å². The average Bonchev–Trinajstić information content (AvgIpc) is 2.67. The molecule has 0 heterocycles. The van der Waals surface area contributed by atoms with Crippen LogP contribution in [0.25, 0.3) is 0 Å². The molecule has 27 heavy (non-hydrogen) atoms. The number of hydrogen-bond donors (Lipinski definition) is 3. The van der Waals surface area contributed by atoms with Gasteiger partial charge in [0.1, 0.15) is 5.75 Å². The van der Waals surface area contributed by atoms with Crippen molar-refractivity contribution < 1.29 is 14.3 Å². The Labute approximate surface area is 160 Å². The monoisotopic (exact) mass is 369 g/mol. The van der Waals surface area contributed by atoms with E-state index in [0.29, 0.717) is 24.4 Å². The number of carbonyl (C=O) groups is 2. The van der Waals surface area contributed by atoms with Crippen LogP contribution in [-0.4, -0.2) is 25.0 Å². The lowest BCUT2D eigenvalue weighted by molar-refractivity contribution is -0.116. The van der Waals surface area contributed by atoms with Crippen molar-refractivity contribution in [2.45, 2.75) is 33.6 Å². The fourth-order valence-corrected chi connectivity index (χ4v) is 2.38. The van der Waals surface area contributed by atoms with Gasteiger partial charge in [-0.05, 0) is 43.2 Å². The summed E-state index contributed by atoms with van der Waals surface area (Å²) in [4.78, 5) is 23.8. The Balaban J connectivity index is 1.92. The number of nitrogens with one attached hydrogen (secondary N) is 3. The second-order valence-electron chi connectivity index (χ2n) is 6.21. The van der Waals surface area contributed by atoms with Gasteiger partial charge >= 0.3 is 0 Å². The minimum absolute atomic E-state index is 0.0617. The first-order valence-electron chi connectivity index (χ1n) is 9.19. The molecule has 0 spiro atoms. The summed E-state index contributed by atoms with van der Waals surface area (Å²) in [6.07, 6.45) is 1.35. The van der Waals surface area contributed by atoms with E-state index in [1.165, 1.54) is 0 Å². The zero-order valence-corrected chi connectivity index (χ0v) is 16.1. The van der Waals surface area contributed by atoms with E-state index in [-0.39, 0.29) is 18.4 Å². The Bertz CT molecular complexity index is 790. The summed E-state index contributed by atoms with van der Waals surface area (Å²) in [5, 5.41) is 8.76. The van der Waals surface area contributed by atoms with Crippen LogP contribution in [0, 0.1) is 6.92 Å². The Morgan fingerprint density at radius 1 is 0.963 bits per heavy atom. The minimum Gasteiger partial charge on any atom is -0.494 e. The van der Waals surface area contributed by atoms with Crippen LogP contribution in [0.3, 0.4) is 0 Å². The minimum atomic E-state index is -0.175. The Hall–Kier alpha value is -3.02. The third kappa shape index (κ3) is 6.66. The molecular formula is C21H27N3O3. The fourth-order valence-electron chi connectivity index (χ4n) is 2.38. The van der Waals surface area contributed by atoms with Crippen LogP contribution in [0.4, 0.5) is 17.1 Å². The molecule has 2 aromatic rings. The topological polar surface area (TPSA) is 79.5 Å². The first-order chi connectivity index (χ1) is 13.0. The van der Waals surface area contributed by atoms with Crippen molar-refractivity contribution in [1.82, 2.24) is 0 Å². The predicted octanol–water partition coefficient (Wildman–Crippen LogP) is 4.18. The Morgan fingerprint density at radius 2 is 1.78 bits per heavy atom. The first kappa shape index (κ1) is 20.3. The van der Waals surface area contributed by atoms with E-state index in [4.69, 9.17) is 4.74 Å². The van der Waals surface area contributed by atoms with Gasteiger partial charge in [0.25, 0.3) is 0 Å². The molecule has 2 amide bonds. The normalized spacial score (nSPS) is 10.2. The third-order valence-corrected chi connectivity index (χ3v) is 3.88. The van der Waals surface area contributed by atoms with E-state index in [1.807, 2.05) is 43.3 Å². The molecule has 0 saturated heterocycles. The number of benzene rings is 2. The summed E-state index contributed by atoms with van der Waals surface area (Å²) in [6.45, 7) is 6.54. The second kappa shape index (κ2) is 10.2. The first-order valence-corrected chi connectivity index (χ1v) is 9.19. The van der Waals surface area contributed by atoms with Gasteiger partial charge in [0.15, 0.2) is 0 Å². The standard InChI is InChI=1S/C21H27N3O3/c1-4-11-27-18-8-6-7-16(12-18)22-14-21(26)23-17-10-9-15(3)19(13-17)24-20(25)5-2/h6-10,12-13,22H,4-5,11,14H2,1-3H3,(H,23,26)(H,24,25). The van der Waals surface area contributed by atoms with Gasteiger partial charge in [-0.3, -0.25) is 9.59 Å². The van der Waals surface area contributed by atoms with Gasteiger partial charge in [0.05, 0.1) is 13.2 Å². The highest BCUT2D eigenvalue weighted by Crippen LogP contribution is 2.21. The summed E-state index contributed by atoms with van der Waals surface area (Å²) < 4.78 is 5.59. The van der Waals surface area contributed by atoms with E-state index in [9.17, 15) is 9.59 Å². The molecule has 2 rings (SSSR count). The molecule has 0 aliphatic rings. The molecular weight excluding hydrogens is 342 g/mol. The van der Waals surface area contributed by atoms with Gasteiger partial charge in [-0.15, -0.1) is 0 Å². The highest BCUT2D eigenvalue weighted by molar-refractivity contribution is 5.96. The van der Waals surface area contributed by atoms with Crippen molar-refractivity contribution in [3.8, 4) is 5.75 Å². The molecule has 0 atom stereocenters. The van der Waals surface area contributed by atoms with Crippen LogP contribution >= 0.6 is 0 Å². The van der Waals surface area contributed by atoms with E-state index < -0.39 is 0 Å². The molecule has 0 fully saturated rings. The lowest BCUT2D eigenvalue weighted by Gasteiger charge is -2.12. The number of rotatable bonds is 9. The van der Waals surface area contributed by atoms with Crippen LogP contribution < -0.4 is 20.7 Å². The van der Waals surface area contributed by atoms with Gasteiger partial charge in [-0.1, -0.05) is 26.0 Å². The van der Waals surface area contributed by atoms with Crippen LogP contribution in [0.5, 0.6) is 5.75 Å². The van der Waals surface area contributed by atoms with Crippen molar-refractivity contribution in [1.29, 1.82) is 0 Å². The lowest BCUT2D eigenvalue weighted by atomic mass is 10.1. The summed E-state index contributed by atoms with van der Waals surface area (Å²) in [5.41, 5.74) is 3.10. The molecule has 0 bridgehead atoms. The number of amides is 2. The maximum Gasteiger partial charge on any atom is 0.243 e. The summed E-state index contributed by atoms with van der Waals surface area (Å²) in [5.74, 6) is 0.539. The van der Waals surface area contributed by atoms with Crippen LogP contribution in [0.1, 0.15) is 32.3 Å². The quantitative estimate of drug-likeness (QED) is 0.619. The number of anilines is 3. The van der Waals surface area contributed by atoms with Crippen molar-refractivity contribution in [2.24, 2.45) is 0 Å². The van der Waals surface area contributed by atoms with Gasteiger partial charge in [-0.25, -0.2) is 0 Å². The van der Waals surface area contributed by atoms with Crippen molar-refractivity contribution in [3.63, 3.8) is 0 Å².